The van der Waals surface area contributed by atoms with Crippen molar-refractivity contribution >= 4 is 27.5 Å². The molecule has 4 rings (SSSR count). The van der Waals surface area contributed by atoms with Crippen LogP contribution in [0.4, 0.5) is 10.1 Å². The third-order valence-electron chi connectivity index (χ3n) is 6.63. The van der Waals surface area contributed by atoms with Crippen LogP contribution >= 0.6 is 0 Å². The summed E-state index contributed by atoms with van der Waals surface area (Å²) < 4.78 is 51.0. The zero-order valence-electron chi connectivity index (χ0n) is 21.0. The van der Waals surface area contributed by atoms with Crippen LogP contribution in [0.1, 0.15) is 38.2 Å². The molecule has 2 aromatic carbocycles. The maximum atomic E-state index is 13.6. The van der Waals surface area contributed by atoms with Gasteiger partial charge >= 0.3 is 0 Å². The summed E-state index contributed by atoms with van der Waals surface area (Å²) in [6.07, 6.45) is 4.86. The van der Waals surface area contributed by atoms with Crippen molar-refractivity contribution in [2.24, 2.45) is 0 Å². The molecule has 0 spiro atoms. The Labute approximate surface area is 216 Å². The number of nitrogens with zero attached hydrogens (tertiary/aromatic N) is 2. The van der Waals surface area contributed by atoms with Gasteiger partial charge in [-0.3, -0.25) is 13.9 Å². The van der Waals surface area contributed by atoms with Crippen LogP contribution in [0, 0.1) is 5.82 Å². The minimum absolute atomic E-state index is 0.0110. The monoisotopic (exact) mass is 533 g/mol. The molecule has 1 aliphatic heterocycles. The Morgan fingerprint density at radius 3 is 2.35 bits per heavy atom. The fraction of sp³-hybridized carbons (Fsp3) is 0.462. The van der Waals surface area contributed by atoms with Gasteiger partial charge in [-0.2, -0.15) is 0 Å². The Bertz CT molecular complexity index is 1230. The van der Waals surface area contributed by atoms with Crippen LogP contribution in [0.3, 0.4) is 0 Å². The van der Waals surface area contributed by atoms with Crippen molar-refractivity contribution in [1.29, 1.82) is 0 Å². The van der Waals surface area contributed by atoms with Crippen LogP contribution in [0.2, 0.25) is 0 Å². The van der Waals surface area contributed by atoms with Crippen LogP contribution in [0.25, 0.3) is 0 Å². The third-order valence-corrected chi connectivity index (χ3v) is 7.77. The molecule has 2 amide bonds. The van der Waals surface area contributed by atoms with Gasteiger partial charge in [-0.05, 0) is 49.6 Å². The lowest BCUT2D eigenvalue weighted by atomic mass is 10.1. The summed E-state index contributed by atoms with van der Waals surface area (Å²) >= 11 is 0. The molecule has 2 aliphatic rings. The summed E-state index contributed by atoms with van der Waals surface area (Å²) in [4.78, 5) is 28.0. The lowest BCUT2D eigenvalue weighted by Gasteiger charge is -2.32. The molecule has 11 heteroatoms. The first-order chi connectivity index (χ1) is 17.6. The molecule has 200 valence electrons. The molecule has 1 unspecified atom stereocenters. The lowest BCUT2D eigenvalue weighted by molar-refractivity contribution is -0.139. The Kier molecular flexibility index (Phi) is 8.21. The molecule has 1 fully saturated rings. The topological polar surface area (TPSA) is 105 Å². The second-order valence-corrected chi connectivity index (χ2v) is 11.3. The fourth-order valence-electron chi connectivity index (χ4n) is 4.56. The smallest absolute Gasteiger partial charge is 0.244 e. The number of benzene rings is 2. The van der Waals surface area contributed by atoms with Crippen LogP contribution in [0.5, 0.6) is 11.5 Å². The number of anilines is 1. The van der Waals surface area contributed by atoms with Gasteiger partial charge in [0.05, 0.1) is 11.9 Å². The second-order valence-electron chi connectivity index (χ2n) is 9.41. The Hall–Kier alpha value is -3.34. The fourth-order valence-corrected chi connectivity index (χ4v) is 5.40. The first-order valence-electron chi connectivity index (χ1n) is 12.3. The maximum absolute atomic E-state index is 13.6. The van der Waals surface area contributed by atoms with E-state index in [0.717, 1.165) is 36.2 Å². The van der Waals surface area contributed by atoms with E-state index in [2.05, 4.69) is 5.32 Å². The van der Waals surface area contributed by atoms with Gasteiger partial charge in [0, 0.05) is 18.7 Å². The molecule has 0 bridgehead atoms. The highest BCUT2D eigenvalue weighted by Gasteiger charge is 2.32. The molecule has 1 heterocycles. The maximum Gasteiger partial charge on any atom is 0.244 e. The Morgan fingerprint density at radius 1 is 1.05 bits per heavy atom. The van der Waals surface area contributed by atoms with E-state index in [-0.39, 0.29) is 24.2 Å². The van der Waals surface area contributed by atoms with Crippen LogP contribution in [-0.4, -0.2) is 63.2 Å². The molecular formula is C26H32FN3O6S. The zero-order chi connectivity index (χ0) is 26.6. The standard InChI is InChI=1S/C26H32FN3O6S/c1-18(26(32)28-21-5-3-4-6-21)29(16-19-7-9-20(27)10-8-19)25(31)17-30(37(2,33)34)22-11-12-23-24(15-22)36-14-13-35-23/h7-12,15,18,21H,3-6,13-14,16-17H2,1-2H3,(H,28,32). The van der Waals surface area contributed by atoms with Crippen molar-refractivity contribution < 1.29 is 31.9 Å². The number of carbonyl (C=O) groups excluding carboxylic acids is 2. The highest BCUT2D eigenvalue weighted by molar-refractivity contribution is 7.92. The highest BCUT2D eigenvalue weighted by atomic mass is 32.2. The van der Waals surface area contributed by atoms with Crippen LogP contribution < -0.4 is 19.1 Å². The SMILES string of the molecule is CC(C(=O)NC1CCCC1)N(Cc1ccc(F)cc1)C(=O)CN(c1ccc2c(c1)OCCO2)S(C)(=O)=O. The molecule has 1 atom stereocenters. The Morgan fingerprint density at radius 2 is 1.70 bits per heavy atom. The van der Waals surface area contributed by atoms with Gasteiger partial charge in [0.2, 0.25) is 21.8 Å². The van der Waals surface area contributed by atoms with Crippen molar-refractivity contribution in [3.63, 3.8) is 0 Å². The van der Waals surface area contributed by atoms with Crippen LogP contribution in [0.15, 0.2) is 42.5 Å². The molecule has 1 N–H and O–H groups in total. The number of rotatable bonds is 9. The normalized spacial score (nSPS) is 16.2. The molecule has 1 saturated carbocycles. The van der Waals surface area contributed by atoms with Gasteiger partial charge < -0.3 is 19.7 Å². The summed E-state index contributed by atoms with van der Waals surface area (Å²) in [5.74, 6) is -0.427. The van der Waals surface area contributed by atoms with Crippen molar-refractivity contribution in [3.8, 4) is 11.5 Å². The number of amides is 2. The first kappa shape index (κ1) is 26.7. The van der Waals surface area contributed by atoms with Crippen molar-refractivity contribution in [3.05, 3.63) is 53.8 Å². The first-order valence-corrected chi connectivity index (χ1v) is 14.2. The average molecular weight is 534 g/mol. The number of hydrogen-bond donors (Lipinski definition) is 1. The van der Waals surface area contributed by atoms with Crippen molar-refractivity contribution in [1.82, 2.24) is 10.2 Å². The van der Waals surface area contributed by atoms with E-state index >= 15 is 0 Å². The van der Waals surface area contributed by atoms with Gasteiger partial charge in [0.15, 0.2) is 11.5 Å². The summed E-state index contributed by atoms with van der Waals surface area (Å²) in [6, 6.07) is 9.46. The predicted octanol–water partition coefficient (Wildman–Crippen LogP) is 2.84. The zero-order valence-corrected chi connectivity index (χ0v) is 21.8. The number of sulfonamides is 1. The van der Waals surface area contributed by atoms with E-state index in [9.17, 15) is 22.4 Å². The largest absolute Gasteiger partial charge is 0.486 e. The molecule has 0 radical (unpaired) electrons. The molecular weight excluding hydrogens is 501 g/mol. The summed E-state index contributed by atoms with van der Waals surface area (Å²) in [5.41, 5.74) is 0.852. The summed E-state index contributed by atoms with van der Waals surface area (Å²) in [7, 11) is -3.88. The van der Waals surface area contributed by atoms with Gasteiger partial charge in [0.25, 0.3) is 0 Å². The van der Waals surface area contributed by atoms with Crippen molar-refractivity contribution in [2.45, 2.75) is 51.2 Å². The van der Waals surface area contributed by atoms with E-state index < -0.39 is 34.3 Å². The van der Waals surface area contributed by atoms with E-state index in [0.29, 0.717) is 30.3 Å². The average Bonchev–Trinajstić information content (AvgIpc) is 3.38. The third kappa shape index (κ3) is 6.71. The molecule has 1 aliphatic carbocycles. The molecule has 9 nitrogen and oxygen atoms in total. The van der Waals surface area contributed by atoms with Gasteiger partial charge in [0.1, 0.15) is 31.6 Å². The van der Waals surface area contributed by atoms with Crippen LogP contribution in [-0.2, 0) is 26.2 Å². The number of fused-ring (bicyclic) bond motifs is 1. The summed E-state index contributed by atoms with van der Waals surface area (Å²) in [6.45, 7) is 1.81. The highest BCUT2D eigenvalue weighted by Crippen LogP contribution is 2.34. The second kappa shape index (κ2) is 11.4. The van der Waals surface area contributed by atoms with Gasteiger partial charge in [-0.1, -0.05) is 25.0 Å². The molecule has 0 aromatic heterocycles. The van der Waals surface area contributed by atoms with Gasteiger partial charge in [-0.15, -0.1) is 0 Å². The quantitative estimate of drug-likeness (QED) is 0.532. The lowest BCUT2D eigenvalue weighted by Crippen LogP contribution is -2.52. The Balaban J connectivity index is 1.59. The van der Waals surface area contributed by atoms with Gasteiger partial charge in [-0.25, -0.2) is 12.8 Å². The minimum Gasteiger partial charge on any atom is -0.486 e. The molecule has 37 heavy (non-hydrogen) atoms. The van der Waals surface area contributed by atoms with E-state index in [1.54, 1.807) is 19.1 Å². The van der Waals surface area contributed by atoms with Crippen molar-refractivity contribution in [2.75, 3.05) is 30.3 Å². The summed E-state index contributed by atoms with van der Waals surface area (Å²) in [5, 5.41) is 3.00. The predicted molar refractivity (Wildman–Crippen MR) is 136 cm³/mol. The molecule has 0 saturated heterocycles. The minimum atomic E-state index is -3.88. The number of nitrogens with one attached hydrogen (secondary N) is 1. The van der Waals surface area contributed by atoms with E-state index in [1.165, 1.54) is 35.2 Å². The number of halogens is 1. The van der Waals surface area contributed by atoms with E-state index in [4.69, 9.17) is 9.47 Å². The van der Waals surface area contributed by atoms with E-state index in [1.807, 2.05) is 0 Å². The number of carbonyl (C=O) groups is 2. The molecule has 2 aromatic rings. The number of hydrogen-bond acceptors (Lipinski definition) is 6. The number of ether oxygens (including phenoxy) is 2.